The minimum atomic E-state index is -0.636. The number of carbonyl (C=O) groups excluding carboxylic acids is 1. The molecule has 0 unspecified atom stereocenters. The Bertz CT molecular complexity index is 1270. The third-order valence-electron chi connectivity index (χ3n) is 4.30. The van der Waals surface area contributed by atoms with E-state index < -0.39 is 10.8 Å². The molecule has 30 heavy (non-hydrogen) atoms. The number of nitro groups is 1. The van der Waals surface area contributed by atoms with Gasteiger partial charge in [-0.2, -0.15) is 10.1 Å². The maximum Gasteiger partial charge on any atom is 0.433 e. The van der Waals surface area contributed by atoms with E-state index >= 15 is 0 Å². The summed E-state index contributed by atoms with van der Waals surface area (Å²) in [5.41, 5.74) is 3.31. The Hall–Kier alpha value is -3.85. The predicted octanol–water partition coefficient (Wildman–Crippen LogP) is 5.10. The van der Waals surface area contributed by atoms with Crippen molar-refractivity contribution in [2.24, 2.45) is 5.10 Å². The normalized spacial score (nSPS) is 11.3. The molecule has 0 aliphatic rings. The minimum Gasteiger partial charge on any atom is -0.400 e. The number of amides is 1. The second kappa shape index (κ2) is 7.88. The summed E-state index contributed by atoms with van der Waals surface area (Å²) in [5, 5.41) is 16.6. The highest BCUT2D eigenvalue weighted by atomic mass is 32.1. The first-order chi connectivity index (χ1) is 14.4. The smallest absolute Gasteiger partial charge is 0.400 e. The Balaban J connectivity index is 1.74. The van der Waals surface area contributed by atoms with Gasteiger partial charge in [-0.1, -0.05) is 35.1 Å². The highest BCUT2D eigenvalue weighted by Gasteiger charge is 2.21. The molecule has 2 aromatic carbocycles. The van der Waals surface area contributed by atoms with Crippen LogP contribution in [0.1, 0.15) is 27.2 Å². The van der Waals surface area contributed by atoms with Gasteiger partial charge in [-0.25, -0.2) is 4.98 Å². The average Bonchev–Trinajstić information content (AvgIpc) is 3.35. The molecule has 2 aromatic heterocycles. The first-order valence-corrected chi connectivity index (χ1v) is 9.79. The number of aryl methyl sites for hydroxylation is 2. The summed E-state index contributed by atoms with van der Waals surface area (Å²) in [4.78, 5) is 27.9. The lowest BCUT2D eigenvalue weighted by Crippen LogP contribution is -2.25. The van der Waals surface area contributed by atoms with Gasteiger partial charge >= 0.3 is 5.88 Å². The molecule has 1 amide bonds. The quantitative estimate of drug-likeness (QED) is 0.254. The Morgan fingerprint density at radius 2 is 1.87 bits per heavy atom. The fraction of sp³-hybridized carbons (Fsp3) is 0.0952. The van der Waals surface area contributed by atoms with E-state index in [0.29, 0.717) is 10.7 Å². The molecule has 4 aromatic rings. The van der Waals surface area contributed by atoms with Crippen molar-refractivity contribution >= 4 is 44.7 Å². The van der Waals surface area contributed by atoms with Crippen LogP contribution >= 0.6 is 11.3 Å². The molecule has 9 heteroatoms. The number of rotatable bonds is 5. The van der Waals surface area contributed by atoms with E-state index in [2.05, 4.69) is 10.1 Å². The van der Waals surface area contributed by atoms with Gasteiger partial charge in [0.15, 0.2) is 5.76 Å². The topological polar surface area (TPSA) is 102 Å². The molecule has 0 aliphatic carbocycles. The number of thiazole rings is 1. The number of fused-ring (bicyclic) bond motifs is 1. The Kier molecular flexibility index (Phi) is 5.11. The van der Waals surface area contributed by atoms with Gasteiger partial charge in [-0.05, 0) is 49.7 Å². The van der Waals surface area contributed by atoms with Crippen molar-refractivity contribution in [1.29, 1.82) is 0 Å². The van der Waals surface area contributed by atoms with Gasteiger partial charge in [0, 0.05) is 5.56 Å². The van der Waals surface area contributed by atoms with Crippen molar-refractivity contribution in [1.82, 2.24) is 4.98 Å². The molecule has 0 N–H and O–H groups in total. The molecule has 8 nitrogen and oxygen atoms in total. The summed E-state index contributed by atoms with van der Waals surface area (Å²) >= 11 is 1.33. The van der Waals surface area contributed by atoms with Crippen LogP contribution in [0.3, 0.4) is 0 Å². The van der Waals surface area contributed by atoms with Crippen LogP contribution in [0.15, 0.2) is 64.1 Å². The minimum absolute atomic E-state index is 0.153. The van der Waals surface area contributed by atoms with Gasteiger partial charge in [-0.3, -0.25) is 14.9 Å². The molecular weight excluding hydrogens is 404 g/mol. The summed E-state index contributed by atoms with van der Waals surface area (Å²) in [5.74, 6) is -0.619. The third kappa shape index (κ3) is 3.96. The zero-order valence-electron chi connectivity index (χ0n) is 16.1. The molecule has 4 rings (SSSR count). The van der Waals surface area contributed by atoms with Gasteiger partial charge in [0.2, 0.25) is 5.13 Å². The van der Waals surface area contributed by atoms with Gasteiger partial charge in [0.05, 0.1) is 22.5 Å². The zero-order valence-corrected chi connectivity index (χ0v) is 16.9. The molecule has 0 bridgehead atoms. The lowest BCUT2D eigenvalue weighted by molar-refractivity contribution is -0.402. The van der Waals surface area contributed by atoms with Crippen LogP contribution in [0.2, 0.25) is 0 Å². The monoisotopic (exact) mass is 420 g/mol. The lowest BCUT2D eigenvalue weighted by Gasteiger charge is -2.13. The number of furan rings is 1. The maximum atomic E-state index is 13.2. The number of hydrogen-bond donors (Lipinski definition) is 0. The maximum absolute atomic E-state index is 13.2. The second-order valence-electron chi connectivity index (χ2n) is 6.63. The second-order valence-corrected chi connectivity index (χ2v) is 7.64. The van der Waals surface area contributed by atoms with Crippen LogP contribution in [-0.4, -0.2) is 22.0 Å². The molecule has 0 fully saturated rings. The predicted molar refractivity (Wildman–Crippen MR) is 115 cm³/mol. The summed E-state index contributed by atoms with van der Waals surface area (Å²) in [7, 11) is 0. The van der Waals surface area contributed by atoms with Crippen LogP contribution in [0.25, 0.3) is 10.2 Å². The van der Waals surface area contributed by atoms with E-state index in [-0.39, 0.29) is 11.7 Å². The fourth-order valence-corrected chi connectivity index (χ4v) is 3.76. The number of anilines is 1. The lowest BCUT2D eigenvalue weighted by atomic mass is 10.1. The van der Waals surface area contributed by atoms with E-state index in [0.717, 1.165) is 21.3 Å². The van der Waals surface area contributed by atoms with E-state index in [1.165, 1.54) is 34.7 Å². The number of carbonyl (C=O) groups is 1. The van der Waals surface area contributed by atoms with E-state index in [1.807, 2.05) is 44.2 Å². The summed E-state index contributed by atoms with van der Waals surface area (Å²) in [6.07, 6.45) is 1.26. The Labute approximate surface area is 175 Å². The van der Waals surface area contributed by atoms with Crippen molar-refractivity contribution in [2.75, 3.05) is 5.01 Å². The summed E-state index contributed by atoms with van der Waals surface area (Å²) in [6.45, 7) is 3.92. The summed E-state index contributed by atoms with van der Waals surface area (Å²) in [6, 6.07) is 15.6. The molecular formula is C21H16N4O4S. The van der Waals surface area contributed by atoms with E-state index in [4.69, 9.17) is 4.42 Å². The van der Waals surface area contributed by atoms with Crippen molar-refractivity contribution in [3.05, 3.63) is 87.2 Å². The van der Waals surface area contributed by atoms with Gasteiger partial charge in [-0.15, -0.1) is 0 Å². The first kappa shape index (κ1) is 19.5. The Morgan fingerprint density at radius 1 is 1.13 bits per heavy atom. The molecule has 150 valence electrons. The van der Waals surface area contributed by atoms with Gasteiger partial charge in [0.1, 0.15) is 4.92 Å². The number of benzene rings is 2. The fourth-order valence-electron chi connectivity index (χ4n) is 2.74. The molecule has 0 saturated heterocycles. The SMILES string of the molecule is Cc1ccc(C(=O)N(/N=C/c2ccc([N+](=O)[O-])o2)c2nc3ccc(C)cc3s2)cc1. The van der Waals surface area contributed by atoms with Crippen LogP contribution in [0.5, 0.6) is 0 Å². The third-order valence-corrected chi connectivity index (χ3v) is 5.29. The molecule has 0 aliphatic heterocycles. The number of hydrogen-bond acceptors (Lipinski definition) is 7. The number of aromatic nitrogens is 1. The molecule has 0 radical (unpaired) electrons. The first-order valence-electron chi connectivity index (χ1n) is 8.97. The number of hydrazone groups is 1. The standard InChI is InChI=1S/C21H16N4O4S/c1-13-3-6-15(7-4-13)20(26)24(22-12-16-8-10-19(29-16)25(27)28)21-23-17-9-5-14(2)11-18(17)30-21/h3-12H,1-2H3/b22-12+. The molecule has 2 heterocycles. The van der Waals surface area contributed by atoms with Crippen molar-refractivity contribution in [3.8, 4) is 0 Å². The van der Waals surface area contributed by atoms with Crippen molar-refractivity contribution in [2.45, 2.75) is 13.8 Å². The Morgan fingerprint density at radius 3 is 2.57 bits per heavy atom. The number of nitrogens with zero attached hydrogens (tertiary/aromatic N) is 4. The largest absolute Gasteiger partial charge is 0.433 e. The van der Waals surface area contributed by atoms with E-state index in [1.54, 1.807) is 12.1 Å². The summed E-state index contributed by atoms with van der Waals surface area (Å²) < 4.78 is 6.03. The van der Waals surface area contributed by atoms with Crippen molar-refractivity contribution < 1.29 is 14.1 Å². The molecule has 0 spiro atoms. The molecule has 0 saturated carbocycles. The van der Waals surface area contributed by atoms with Crippen LogP contribution in [0.4, 0.5) is 11.0 Å². The van der Waals surface area contributed by atoms with Crippen LogP contribution in [0, 0.1) is 24.0 Å². The van der Waals surface area contributed by atoms with Crippen LogP contribution < -0.4 is 5.01 Å². The highest BCUT2D eigenvalue weighted by molar-refractivity contribution is 7.22. The van der Waals surface area contributed by atoms with Crippen molar-refractivity contribution in [3.63, 3.8) is 0 Å². The molecule has 0 atom stereocenters. The van der Waals surface area contributed by atoms with E-state index in [9.17, 15) is 14.9 Å². The van der Waals surface area contributed by atoms with Gasteiger partial charge < -0.3 is 4.42 Å². The zero-order chi connectivity index (χ0) is 21.3. The van der Waals surface area contributed by atoms with Crippen LogP contribution in [-0.2, 0) is 0 Å². The highest BCUT2D eigenvalue weighted by Crippen LogP contribution is 2.31. The van der Waals surface area contributed by atoms with Gasteiger partial charge in [0.25, 0.3) is 5.91 Å². The average molecular weight is 420 g/mol.